The molecule has 2 aromatic heterocycles. The van der Waals surface area contributed by atoms with Crippen molar-refractivity contribution in [1.29, 1.82) is 0 Å². The van der Waals surface area contributed by atoms with E-state index in [-0.39, 0.29) is 6.04 Å². The molecule has 4 nitrogen and oxygen atoms in total. The summed E-state index contributed by atoms with van der Waals surface area (Å²) in [6.45, 7) is 2.83. The van der Waals surface area contributed by atoms with Crippen LogP contribution < -0.4 is 5.73 Å². The summed E-state index contributed by atoms with van der Waals surface area (Å²) in [6, 6.07) is 3.58. The van der Waals surface area contributed by atoms with Gasteiger partial charge < -0.3 is 5.73 Å². The number of aryl methyl sites for hydroxylation is 1. The SMILES string of the molecule is CCn1nccc1C(N)c1ncc(Br)cc1Br. The van der Waals surface area contributed by atoms with E-state index >= 15 is 0 Å². The summed E-state index contributed by atoms with van der Waals surface area (Å²) in [5.41, 5.74) is 7.99. The van der Waals surface area contributed by atoms with Gasteiger partial charge in [-0.25, -0.2) is 0 Å². The van der Waals surface area contributed by atoms with Crippen LogP contribution in [0.1, 0.15) is 24.4 Å². The van der Waals surface area contributed by atoms with Crippen molar-refractivity contribution in [1.82, 2.24) is 14.8 Å². The average Bonchev–Trinajstić information content (AvgIpc) is 2.76. The Morgan fingerprint density at radius 2 is 2.24 bits per heavy atom. The number of hydrogen-bond donors (Lipinski definition) is 1. The molecular weight excluding hydrogens is 348 g/mol. The van der Waals surface area contributed by atoms with E-state index in [0.717, 1.165) is 26.9 Å². The van der Waals surface area contributed by atoms with Gasteiger partial charge in [0.15, 0.2) is 0 Å². The molecule has 0 aliphatic heterocycles. The molecule has 0 saturated heterocycles. The maximum absolute atomic E-state index is 6.22. The molecule has 2 aromatic rings. The van der Waals surface area contributed by atoms with E-state index in [0.29, 0.717) is 0 Å². The van der Waals surface area contributed by atoms with Gasteiger partial charge in [-0.05, 0) is 50.9 Å². The third kappa shape index (κ3) is 2.59. The van der Waals surface area contributed by atoms with E-state index in [4.69, 9.17) is 5.73 Å². The summed E-state index contributed by atoms with van der Waals surface area (Å²) in [5, 5.41) is 4.21. The first-order valence-corrected chi connectivity index (χ1v) is 6.80. The van der Waals surface area contributed by atoms with Crippen LogP contribution >= 0.6 is 31.9 Å². The highest BCUT2D eigenvalue weighted by Gasteiger charge is 2.17. The van der Waals surface area contributed by atoms with Gasteiger partial charge in [-0.2, -0.15) is 5.10 Å². The molecule has 17 heavy (non-hydrogen) atoms. The monoisotopic (exact) mass is 358 g/mol. The molecule has 0 saturated carbocycles. The van der Waals surface area contributed by atoms with E-state index in [9.17, 15) is 0 Å². The third-order valence-corrected chi connectivity index (χ3v) is 3.57. The summed E-state index contributed by atoms with van der Waals surface area (Å²) in [5.74, 6) is 0. The predicted molar refractivity (Wildman–Crippen MR) is 73.6 cm³/mol. The van der Waals surface area contributed by atoms with Crippen molar-refractivity contribution in [2.45, 2.75) is 19.5 Å². The first-order chi connectivity index (χ1) is 8.13. The first-order valence-electron chi connectivity index (χ1n) is 5.21. The number of hydrogen-bond acceptors (Lipinski definition) is 3. The molecule has 0 bridgehead atoms. The van der Waals surface area contributed by atoms with Crippen molar-refractivity contribution < 1.29 is 0 Å². The standard InChI is InChI=1S/C11H12Br2N4/c1-2-17-9(3-4-16-17)10(14)11-8(13)5-7(12)6-15-11/h3-6,10H,2,14H2,1H3. The van der Waals surface area contributed by atoms with Gasteiger partial charge in [0.05, 0.1) is 17.4 Å². The van der Waals surface area contributed by atoms with Gasteiger partial charge in [-0.15, -0.1) is 0 Å². The second-order valence-corrected chi connectivity index (χ2v) is 5.34. The lowest BCUT2D eigenvalue weighted by atomic mass is 10.1. The third-order valence-electron chi connectivity index (χ3n) is 2.50. The lowest BCUT2D eigenvalue weighted by molar-refractivity contribution is 0.595. The van der Waals surface area contributed by atoms with Crippen LogP contribution in [0.2, 0.25) is 0 Å². The fourth-order valence-electron chi connectivity index (χ4n) is 1.67. The number of halogens is 2. The molecule has 0 amide bonds. The molecule has 2 rings (SSSR count). The molecule has 2 heterocycles. The Kier molecular flexibility index (Phi) is 3.96. The summed E-state index contributed by atoms with van der Waals surface area (Å²) < 4.78 is 3.69. The highest BCUT2D eigenvalue weighted by atomic mass is 79.9. The molecule has 90 valence electrons. The van der Waals surface area contributed by atoms with Crippen LogP contribution in [0.4, 0.5) is 0 Å². The highest BCUT2D eigenvalue weighted by molar-refractivity contribution is 9.11. The Morgan fingerprint density at radius 1 is 1.47 bits per heavy atom. The van der Waals surface area contributed by atoms with Gasteiger partial charge in [0.1, 0.15) is 0 Å². The zero-order valence-electron chi connectivity index (χ0n) is 9.27. The van der Waals surface area contributed by atoms with Gasteiger partial charge in [-0.1, -0.05) is 0 Å². The normalized spacial score (nSPS) is 12.7. The van der Waals surface area contributed by atoms with E-state index in [2.05, 4.69) is 41.9 Å². The van der Waals surface area contributed by atoms with Gasteiger partial charge in [0, 0.05) is 27.9 Å². The lowest BCUT2D eigenvalue weighted by Crippen LogP contribution is -2.18. The van der Waals surface area contributed by atoms with E-state index < -0.39 is 0 Å². The minimum absolute atomic E-state index is 0.278. The van der Waals surface area contributed by atoms with Crippen molar-refractivity contribution in [3.05, 3.63) is 44.9 Å². The second kappa shape index (κ2) is 5.29. The predicted octanol–water partition coefficient (Wildman–Crippen LogP) is 2.87. The number of pyridine rings is 1. The van der Waals surface area contributed by atoms with Crippen LogP contribution in [-0.2, 0) is 6.54 Å². The average molecular weight is 360 g/mol. The molecule has 0 fully saturated rings. The smallest absolute Gasteiger partial charge is 0.0908 e. The van der Waals surface area contributed by atoms with Crippen molar-refractivity contribution >= 4 is 31.9 Å². The largest absolute Gasteiger partial charge is 0.318 e. The molecule has 2 N–H and O–H groups in total. The number of nitrogens with two attached hydrogens (primary N) is 1. The number of nitrogens with zero attached hydrogens (tertiary/aromatic N) is 3. The minimum Gasteiger partial charge on any atom is -0.318 e. The van der Waals surface area contributed by atoms with Gasteiger partial charge in [0.25, 0.3) is 0 Å². The van der Waals surface area contributed by atoms with Crippen molar-refractivity contribution in [2.24, 2.45) is 5.73 Å². The molecule has 0 aromatic carbocycles. The number of aromatic nitrogens is 3. The van der Waals surface area contributed by atoms with E-state index in [1.807, 2.05) is 23.7 Å². The Balaban J connectivity index is 2.40. The topological polar surface area (TPSA) is 56.7 Å². The molecule has 0 radical (unpaired) electrons. The van der Waals surface area contributed by atoms with Gasteiger partial charge in [-0.3, -0.25) is 9.67 Å². The van der Waals surface area contributed by atoms with Crippen molar-refractivity contribution in [2.75, 3.05) is 0 Å². The molecule has 0 spiro atoms. The van der Waals surface area contributed by atoms with Crippen molar-refractivity contribution in [3.63, 3.8) is 0 Å². The van der Waals surface area contributed by atoms with Crippen molar-refractivity contribution in [3.8, 4) is 0 Å². The van der Waals surface area contributed by atoms with Gasteiger partial charge >= 0.3 is 0 Å². The summed E-state index contributed by atoms with van der Waals surface area (Å²) >= 11 is 6.85. The second-order valence-electron chi connectivity index (χ2n) is 3.57. The first kappa shape index (κ1) is 12.7. The zero-order chi connectivity index (χ0) is 12.4. The van der Waals surface area contributed by atoms with E-state index in [1.165, 1.54) is 0 Å². The Hall–Kier alpha value is -0.720. The molecule has 1 atom stereocenters. The van der Waals surface area contributed by atoms with Crippen LogP contribution in [0.25, 0.3) is 0 Å². The summed E-state index contributed by atoms with van der Waals surface area (Å²) in [4.78, 5) is 4.35. The molecule has 0 aliphatic rings. The summed E-state index contributed by atoms with van der Waals surface area (Å²) in [6.07, 6.45) is 3.50. The fraction of sp³-hybridized carbons (Fsp3) is 0.273. The Labute approximate surface area is 116 Å². The van der Waals surface area contributed by atoms with Crippen LogP contribution in [0.5, 0.6) is 0 Å². The molecule has 6 heteroatoms. The van der Waals surface area contributed by atoms with Crippen LogP contribution in [0.3, 0.4) is 0 Å². The van der Waals surface area contributed by atoms with Crippen LogP contribution in [0.15, 0.2) is 33.5 Å². The highest BCUT2D eigenvalue weighted by Crippen LogP contribution is 2.27. The lowest BCUT2D eigenvalue weighted by Gasteiger charge is -2.14. The maximum Gasteiger partial charge on any atom is 0.0908 e. The number of rotatable bonds is 3. The maximum atomic E-state index is 6.22. The minimum atomic E-state index is -0.278. The van der Waals surface area contributed by atoms with E-state index in [1.54, 1.807) is 12.4 Å². The molecular formula is C11H12Br2N4. The Bertz CT molecular complexity index is 524. The van der Waals surface area contributed by atoms with Crippen LogP contribution in [0, 0.1) is 0 Å². The Morgan fingerprint density at radius 3 is 2.88 bits per heavy atom. The quantitative estimate of drug-likeness (QED) is 0.916. The molecule has 0 aliphatic carbocycles. The zero-order valence-corrected chi connectivity index (χ0v) is 12.4. The van der Waals surface area contributed by atoms with Crippen LogP contribution in [-0.4, -0.2) is 14.8 Å². The fourth-order valence-corrected chi connectivity index (χ4v) is 2.90. The van der Waals surface area contributed by atoms with Gasteiger partial charge in [0.2, 0.25) is 0 Å². The molecule has 1 unspecified atom stereocenters. The summed E-state index contributed by atoms with van der Waals surface area (Å²) in [7, 11) is 0.